The Balaban J connectivity index is 2.42. The van der Waals surface area contributed by atoms with Gasteiger partial charge in [0.25, 0.3) is 5.69 Å². The SMILES string of the molecule is CNC(C)(CCCCSc1ccccc1[N+](=O)[O-])C(N)=O. The number of benzene rings is 1. The highest BCUT2D eigenvalue weighted by atomic mass is 32.2. The van der Waals surface area contributed by atoms with Gasteiger partial charge in [-0.05, 0) is 38.6 Å². The van der Waals surface area contributed by atoms with Crippen LogP contribution in [-0.2, 0) is 4.79 Å². The topological polar surface area (TPSA) is 98.3 Å². The van der Waals surface area contributed by atoms with E-state index in [-0.39, 0.29) is 16.5 Å². The summed E-state index contributed by atoms with van der Waals surface area (Å²) in [6.07, 6.45) is 2.34. The van der Waals surface area contributed by atoms with Crippen molar-refractivity contribution in [1.29, 1.82) is 0 Å². The number of nitrogens with one attached hydrogen (secondary N) is 1. The number of hydrogen-bond donors (Lipinski definition) is 2. The molecule has 1 aromatic carbocycles. The number of primary amides is 1. The molecule has 6 nitrogen and oxygen atoms in total. The lowest BCUT2D eigenvalue weighted by molar-refractivity contribution is -0.387. The number of carbonyl (C=O) groups excluding carboxylic acids is 1. The van der Waals surface area contributed by atoms with E-state index in [4.69, 9.17) is 5.73 Å². The Morgan fingerprint density at radius 1 is 1.43 bits per heavy atom. The fourth-order valence-corrected chi connectivity index (χ4v) is 2.90. The third kappa shape index (κ3) is 5.02. The van der Waals surface area contributed by atoms with E-state index < -0.39 is 5.54 Å². The molecule has 1 rings (SSSR count). The third-order valence-corrected chi connectivity index (χ3v) is 4.64. The summed E-state index contributed by atoms with van der Waals surface area (Å²) in [5.74, 6) is 0.403. The number of hydrogen-bond acceptors (Lipinski definition) is 5. The van der Waals surface area contributed by atoms with Crippen molar-refractivity contribution >= 4 is 23.4 Å². The number of nitro groups is 1. The molecule has 7 heteroatoms. The first-order valence-corrected chi connectivity index (χ1v) is 7.74. The van der Waals surface area contributed by atoms with Crippen molar-refractivity contribution < 1.29 is 9.72 Å². The Morgan fingerprint density at radius 2 is 2.10 bits per heavy atom. The van der Waals surface area contributed by atoms with E-state index in [1.807, 2.05) is 0 Å². The number of unbranched alkanes of at least 4 members (excludes halogenated alkanes) is 1. The lowest BCUT2D eigenvalue weighted by Gasteiger charge is -2.25. The van der Waals surface area contributed by atoms with Gasteiger partial charge in [-0.3, -0.25) is 14.9 Å². The number of rotatable bonds is 9. The molecular formula is C14H21N3O3S. The molecule has 3 N–H and O–H groups in total. The molecule has 0 spiro atoms. The van der Waals surface area contributed by atoms with E-state index in [0.29, 0.717) is 11.3 Å². The van der Waals surface area contributed by atoms with Crippen LogP contribution in [0.5, 0.6) is 0 Å². The molecule has 0 heterocycles. The first kappa shape index (κ1) is 17.5. The van der Waals surface area contributed by atoms with Gasteiger partial charge in [0.05, 0.1) is 15.4 Å². The van der Waals surface area contributed by atoms with Crippen molar-refractivity contribution in [1.82, 2.24) is 5.32 Å². The summed E-state index contributed by atoms with van der Waals surface area (Å²) in [6.45, 7) is 1.78. The van der Waals surface area contributed by atoms with Crippen LogP contribution in [0.25, 0.3) is 0 Å². The van der Waals surface area contributed by atoms with Crippen molar-refractivity contribution in [3.05, 3.63) is 34.4 Å². The highest BCUT2D eigenvalue weighted by Crippen LogP contribution is 2.29. The molecular weight excluding hydrogens is 290 g/mol. The normalized spacial score (nSPS) is 13.6. The Bertz CT molecular complexity index is 510. The smallest absolute Gasteiger partial charge is 0.282 e. The predicted molar refractivity (Wildman–Crippen MR) is 84.3 cm³/mol. The quantitative estimate of drug-likeness (QED) is 0.315. The molecule has 0 saturated carbocycles. The average Bonchev–Trinajstić information content (AvgIpc) is 2.46. The minimum absolute atomic E-state index is 0.139. The van der Waals surface area contributed by atoms with Gasteiger partial charge >= 0.3 is 0 Å². The third-order valence-electron chi connectivity index (χ3n) is 3.49. The molecule has 0 fully saturated rings. The van der Waals surface area contributed by atoms with Crippen LogP contribution in [-0.4, -0.2) is 29.2 Å². The summed E-state index contributed by atoms with van der Waals surface area (Å²) >= 11 is 1.46. The van der Waals surface area contributed by atoms with Gasteiger partial charge in [-0.2, -0.15) is 0 Å². The average molecular weight is 311 g/mol. The van der Waals surface area contributed by atoms with Crippen LogP contribution in [0.3, 0.4) is 0 Å². The van der Waals surface area contributed by atoms with Crippen LogP contribution >= 0.6 is 11.8 Å². The number of likely N-dealkylation sites (N-methyl/N-ethyl adjacent to an activating group) is 1. The van der Waals surface area contributed by atoms with E-state index in [1.54, 1.807) is 32.2 Å². The Hall–Kier alpha value is -1.60. The summed E-state index contributed by atoms with van der Waals surface area (Å²) in [5, 5.41) is 13.8. The van der Waals surface area contributed by atoms with Crippen LogP contribution in [0.15, 0.2) is 29.2 Å². The van der Waals surface area contributed by atoms with Crippen LogP contribution in [0.2, 0.25) is 0 Å². The highest BCUT2D eigenvalue weighted by molar-refractivity contribution is 7.99. The second-order valence-electron chi connectivity index (χ2n) is 4.98. The molecule has 0 bridgehead atoms. The fourth-order valence-electron chi connectivity index (χ4n) is 1.86. The largest absolute Gasteiger partial charge is 0.368 e. The zero-order chi connectivity index (χ0) is 15.9. The molecule has 116 valence electrons. The molecule has 0 radical (unpaired) electrons. The minimum Gasteiger partial charge on any atom is -0.368 e. The first-order chi connectivity index (χ1) is 9.90. The lowest BCUT2D eigenvalue weighted by atomic mass is 9.94. The lowest BCUT2D eigenvalue weighted by Crippen LogP contribution is -2.51. The molecule has 0 aliphatic carbocycles. The van der Waals surface area contributed by atoms with Gasteiger partial charge in [-0.1, -0.05) is 18.6 Å². The van der Waals surface area contributed by atoms with Crippen LogP contribution in [0.1, 0.15) is 26.2 Å². The number of nitrogens with two attached hydrogens (primary N) is 1. The van der Waals surface area contributed by atoms with Crippen LogP contribution in [0, 0.1) is 10.1 Å². The monoisotopic (exact) mass is 311 g/mol. The Kier molecular flexibility index (Phi) is 6.64. The molecule has 1 aromatic rings. The van der Waals surface area contributed by atoms with Gasteiger partial charge in [0.15, 0.2) is 0 Å². The number of amides is 1. The van der Waals surface area contributed by atoms with E-state index in [9.17, 15) is 14.9 Å². The van der Waals surface area contributed by atoms with Crippen molar-refractivity contribution in [2.45, 2.75) is 36.6 Å². The van der Waals surface area contributed by atoms with E-state index >= 15 is 0 Å². The second kappa shape index (κ2) is 7.99. The number of thioether (sulfide) groups is 1. The first-order valence-electron chi connectivity index (χ1n) is 6.76. The van der Waals surface area contributed by atoms with Gasteiger partial charge in [-0.15, -0.1) is 11.8 Å². The van der Waals surface area contributed by atoms with Gasteiger partial charge in [0.1, 0.15) is 0 Å². The molecule has 0 saturated heterocycles. The van der Waals surface area contributed by atoms with Crippen molar-refractivity contribution in [2.24, 2.45) is 5.73 Å². The van der Waals surface area contributed by atoms with E-state index in [1.165, 1.54) is 17.8 Å². The van der Waals surface area contributed by atoms with Gasteiger partial charge in [-0.25, -0.2) is 0 Å². The van der Waals surface area contributed by atoms with Gasteiger partial charge in [0, 0.05) is 6.07 Å². The fraction of sp³-hybridized carbons (Fsp3) is 0.500. The summed E-state index contributed by atoms with van der Waals surface area (Å²) in [4.78, 5) is 22.5. The van der Waals surface area contributed by atoms with Crippen LogP contribution < -0.4 is 11.1 Å². The summed E-state index contributed by atoms with van der Waals surface area (Å²) in [5.41, 5.74) is 4.81. The number of para-hydroxylation sites is 1. The van der Waals surface area contributed by atoms with Crippen molar-refractivity contribution in [2.75, 3.05) is 12.8 Å². The summed E-state index contributed by atoms with van der Waals surface area (Å²) in [6, 6.07) is 6.71. The molecule has 1 atom stereocenters. The van der Waals surface area contributed by atoms with E-state index in [2.05, 4.69) is 5.32 Å². The highest BCUT2D eigenvalue weighted by Gasteiger charge is 2.27. The molecule has 1 unspecified atom stereocenters. The van der Waals surface area contributed by atoms with Crippen molar-refractivity contribution in [3.8, 4) is 0 Å². The number of nitrogens with zero attached hydrogens (tertiary/aromatic N) is 1. The molecule has 0 aliphatic heterocycles. The zero-order valence-corrected chi connectivity index (χ0v) is 13.1. The van der Waals surface area contributed by atoms with Gasteiger partial charge < -0.3 is 11.1 Å². The maximum Gasteiger partial charge on any atom is 0.282 e. The number of nitro benzene ring substituents is 1. The molecule has 0 aliphatic rings. The molecule has 21 heavy (non-hydrogen) atoms. The molecule has 0 aromatic heterocycles. The van der Waals surface area contributed by atoms with Gasteiger partial charge in [0.2, 0.25) is 5.91 Å². The second-order valence-corrected chi connectivity index (χ2v) is 6.11. The van der Waals surface area contributed by atoms with E-state index in [0.717, 1.165) is 18.6 Å². The van der Waals surface area contributed by atoms with Crippen molar-refractivity contribution in [3.63, 3.8) is 0 Å². The zero-order valence-electron chi connectivity index (χ0n) is 12.3. The minimum atomic E-state index is -0.691. The maximum atomic E-state index is 11.3. The summed E-state index contributed by atoms with van der Waals surface area (Å²) < 4.78 is 0. The summed E-state index contributed by atoms with van der Waals surface area (Å²) in [7, 11) is 1.72. The molecule has 1 amide bonds. The van der Waals surface area contributed by atoms with Crippen LogP contribution in [0.4, 0.5) is 5.69 Å². The Morgan fingerprint density at radius 3 is 2.67 bits per heavy atom. The number of carbonyl (C=O) groups is 1. The maximum absolute atomic E-state index is 11.3. The predicted octanol–water partition coefficient (Wildman–Crippen LogP) is 2.32. The Labute approximate surface area is 128 Å². The standard InChI is InChI=1S/C14H21N3O3S/c1-14(16-2,13(15)18)9-5-6-10-21-12-8-4-3-7-11(12)17(19)20/h3-4,7-8,16H,5-6,9-10H2,1-2H3,(H2,15,18).